The molecule has 2 heterocycles. The van der Waals surface area contributed by atoms with Crippen LogP contribution in [-0.2, 0) is 21.4 Å². The number of thiophene rings is 1. The van der Waals surface area contributed by atoms with Gasteiger partial charge in [0.15, 0.2) is 0 Å². The van der Waals surface area contributed by atoms with Crippen molar-refractivity contribution in [3.05, 3.63) is 52.2 Å². The second-order valence-electron chi connectivity index (χ2n) is 8.15. The molecule has 2 aromatic rings. The topological polar surface area (TPSA) is 95.6 Å². The standard InChI is InChI=1S/C22H29N3O4S2/c1-16(2)14-21(26)25-11-9-18(10-12-25)24-22(27)17-5-7-20(8-6-17)31(28,29)23-15-19-4-3-13-30-19/h3-8,13,16,18,23H,9-12,14-15H2,1-2H3,(H,24,27). The lowest BCUT2D eigenvalue weighted by atomic mass is 10.0. The highest BCUT2D eigenvalue weighted by molar-refractivity contribution is 7.89. The van der Waals surface area contributed by atoms with E-state index in [1.807, 2.05) is 36.3 Å². The average Bonchev–Trinajstić information content (AvgIpc) is 3.26. The van der Waals surface area contributed by atoms with E-state index in [0.29, 0.717) is 43.8 Å². The predicted octanol–water partition coefficient (Wildman–Crippen LogP) is 2.99. The molecular formula is C22H29N3O4S2. The summed E-state index contributed by atoms with van der Waals surface area (Å²) < 4.78 is 27.4. The van der Waals surface area contributed by atoms with Gasteiger partial charge in [-0.3, -0.25) is 9.59 Å². The number of hydrogen-bond donors (Lipinski definition) is 2. The predicted molar refractivity (Wildman–Crippen MR) is 121 cm³/mol. The van der Waals surface area contributed by atoms with E-state index >= 15 is 0 Å². The Kier molecular flexibility index (Phi) is 7.85. The van der Waals surface area contributed by atoms with Crippen molar-refractivity contribution in [1.82, 2.24) is 14.9 Å². The van der Waals surface area contributed by atoms with Crippen LogP contribution in [0.1, 0.15) is 48.3 Å². The molecule has 1 saturated heterocycles. The van der Waals surface area contributed by atoms with E-state index in [0.717, 1.165) is 4.88 Å². The summed E-state index contributed by atoms with van der Waals surface area (Å²) in [5, 5.41) is 4.89. The minimum absolute atomic E-state index is 0.00599. The molecular weight excluding hydrogens is 434 g/mol. The fraction of sp³-hybridized carbons (Fsp3) is 0.455. The third-order valence-corrected chi connectivity index (χ3v) is 7.50. The van der Waals surface area contributed by atoms with Gasteiger partial charge in [-0.1, -0.05) is 19.9 Å². The van der Waals surface area contributed by atoms with Gasteiger partial charge in [0.1, 0.15) is 0 Å². The first kappa shape index (κ1) is 23.4. The van der Waals surface area contributed by atoms with Crippen molar-refractivity contribution >= 4 is 33.2 Å². The lowest BCUT2D eigenvalue weighted by Crippen LogP contribution is -2.46. The Morgan fingerprint density at radius 1 is 1.13 bits per heavy atom. The van der Waals surface area contributed by atoms with Crippen LogP contribution in [0, 0.1) is 5.92 Å². The number of rotatable bonds is 8. The summed E-state index contributed by atoms with van der Waals surface area (Å²) in [5.74, 6) is 0.273. The van der Waals surface area contributed by atoms with E-state index in [1.54, 1.807) is 0 Å². The van der Waals surface area contributed by atoms with Gasteiger partial charge in [-0.05, 0) is 54.5 Å². The summed E-state index contributed by atoms with van der Waals surface area (Å²) in [6.45, 7) is 5.58. The molecule has 1 aromatic heterocycles. The zero-order valence-electron chi connectivity index (χ0n) is 17.8. The number of nitrogens with zero attached hydrogens (tertiary/aromatic N) is 1. The van der Waals surface area contributed by atoms with Gasteiger partial charge in [0.2, 0.25) is 15.9 Å². The molecule has 0 unspecified atom stereocenters. The van der Waals surface area contributed by atoms with Gasteiger partial charge in [0.05, 0.1) is 4.90 Å². The molecule has 0 saturated carbocycles. The lowest BCUT2D eigenvalue weighted by Gasteiger charge is -2.32. The van der Waals surface area contributed by atoms with Crippen molar-refractivity contribution in [1.29, 1.82) is 0 Å². The van der Waals surface area contributed by atoms with Crippen molar-refractivity contribution in [3.8, 4) is 0 Å². The molecule has 0 radical (unpaired) electrons. The molecule has 1 aliphatic rings. The SMILES string of the molecule is CC(C)CC(=O)N1CCC(NC(=O)c2ccc(S(=O)(=O)NCc3cccs3)cc2)CC1. The van der Waals surface area contributed by atoms with Crippen LogP contribution in [-0.4, -0.2) is 44.3 Å². The van der Waals surface area contributed by atoms with Crippen molar-refractivity contribution < 1.29 is 18.0 Å². The zero-order valence-corrected chi connectivity index (χ0v) is 19.5. The summed E-state index contributed by atoms with van der Waals surface area (Å²) in [5.41, 5.74) is 0.413. The Balaban J connectivity index is 1.51. The largest absolute Gasteiger partial charge is 0.349 e. The van der Waals surface area contributed by atoms with E-state index in [-0.39, 0.29) is 29.3 Å². The van der Waals surface area contributed by atoms with Crippen LogP contribution in [0.3, 0.4) is 0 Å². The minimum Gasteiger partial charge on any atom is -0.349 e. The number of sulfonamides is 1. The van der Waals surface area contributed by atoms with Crippen LogP contribution in [0.15, 0.2) is 46.7 Å². The van der Waals surface area contributed by atoms with E-state index in [4.69, 9.17) is 0 Å². The highest BCUT2D eigenvalue weighted by atomic mass is 32.2. The molecule has 0 spiro atoms. The van der Waals surface area contributed by atoms with Crippen LogP contribution in [0.4, 0.5) is 0 Å². The van der Waals surface area contributed by atoms with E-state index in [1.165, 1.54) is 35.6 Å². The van der Waals surface area contributed by atoms with E-state index < -0.39 is 10.0 Å². The van der Waals surface area contributed by atoms with Crippen LogP contribution in [0.5, 0.6) is 0 Å². The Labute approximate surface area is 187 Å². The second-order valence-corrected chi connectivity index (χ2v) is 11.0. The minimum atomic E-state index is -3.64. The zero-order chi connectivity index (χ0) is 22.4. The van der Waals surface area contributed by atoms with Crippen molar-refractivity contribution in [2.24, 2.45) is 5.92 Å². The van der Waals surface area contributed by atoms with Crippen LogP contribution in [0.2, 0.25) is 0 Å². The second kappa shape index (κ2) is 10.4. The van der Waals surface area contributed by atoms with Gasteiger partial charge < -0.3 is 10.2 Å². The van der Waals surface area contributed by atoms with Crippen LogP contribution < -0.4 is 10.0 Å². The Morgan fingerprint density at radius 3 is 2.39 bits per heavy atom. The Morgan fingerprint density at radius 2 is 1.81 bits per heavy atom. The normalized spacial score (nSPS) is 15.3. The summed E-state index contributed by atoms with van der Waals surface area (Å²) in [6, 6.07) is 9.68. The van der Waals surface area contributed by atoms with E-state index in [9.17, 15) is 18.0 Å². The molecule has 31 heavy (non-hydrogen) atoms. The Hall–Kier alpha value is -2.23. The van der Waals surface area contributed by atoms with Crippen molar-refractivity contribution in [2.75, 3.05) is 13.1 Å². The molecule has 0 aliphatic carbocycles. The maximum Gasteiger partial charge on any atom is 0.251 e. The lowest BCUT2D eigenvalue weighted by molar-refractivity contribution is -0.133. The number of carbonyl (C=O) groups excluding carboxylic acids is 2. The molecule has 0 atom stereocenters. The van der Waals surface area contributed by atoms with Crippen LogP contribution in [0.25, 0.3) is 0 Å². The summed E-state index contributed by atoms with van der Waals surface area (Å²) >= 11 is 1.48. The van der Waals surface area contributed by atoms with Gasteiger partial charge in [-0.25, -0.2) is 13.1 Å². The number of benzene rings is 1. The molecule has 0 bridgehead atoms. The average molecular weight is 464 g/mol. The maximum atomic E-state index is 12.6. The molecule has 2 N–H and O–H groups in total. The first-order valence-electron chi connectivity index (χ1n) is 10.5. The summed E-state index contributed by atoms with van der Waals surface area (Å²) in [6.07, 6.45) is 1.98. The van der Waals surface area contributed by atoms with Gasteiger partial charge in [-0.2, -0.15) is 0 Å². The van der Waals surface area contributed by atoms with Crippen molar-refractivity contribution in [2.45, 2.75) is 50.6 Å². The highest BCUT2D eigenvalue weighted by Gasteiger charge is 2.24. The molecule has 168 valence electrons. The quantitative estimate of drug-likeness (QED) is 0.629. The molecule has 1 aromatic carbocycles. The monoisotopic (exact) mass is 463 g/mol. The maximum absolute atomic E-state index is 12.6. The Bertz CT molecular complexity index is 978. The molecule has 7 nitrogen and oxygen atoms in total. The first-order valence-corrected chi connectivity index (χ1v) is 12.8. The van der Waals surface area contributed by atoms with Crippen molar-refractivity contribution in [3.63, 3.8) is 0 Å². The number of likely N-dealkylation sites (tertiary alicyclic amines) is 1. The van der Waals surface area contributed by atoms with Gasteiger partial charge >= 0.3 is 0 Å². The van der Waals surface area contributed by atoms with E-state index in [2.05, 4.69) is 10.0 Å². The fourth-order valence-electron chi connectivity index (χ4n) is 3.47. The summed E-state index contributed by atoms with van der Waals surface area (Å²) in [7, 11) is -3.64. The number of piperidine rings is 1. The molecule has 9 heteroatoms. The third kappa shape index (κ3) is 6.62. The fourth-order valence-corrected chi connectivity index (χ4v) is 5.21. The number of carbonyl (C=O) groups is 2. The van der Waals surface area contributed by atoms with Gasteiger partial charge in [0.25, 0.3) is 5.91 Å². The highest BCUT2D eigenvalue weighted by Crippen LogP contribution is 2.16. The van der Waals surface area contributed by atoms with Gasteiger partial charge in [0, 0.05) is 42.5 Å². The molecule has 2 amide bonds. The third-order valence-electron chi connectivity index (χ3n) is 5.21. The van der Waals surface area contributed by atoms with Gasteiger partial charge in [-0.15, -0.1) is 11.3 Å². The van der Waals surface area contributed by atoms with Crippen LogP contribution >= 0.6 is 11.3 Å². The summed E-state index contributed by atoms with van der Waals surface area (Å²) in [4.78, 5) is 27.6. The molecule has 1 aliphatic heterocycles. The smallest absolute Gasteiger partial charge is 0.251 e. The molecule has 3 rings (SSSR count). The number of nitrogens with one attached hydrogen (secondary N) is 2. The number of amides is 2. The first-order chi connectivity index (χ1) is 14.7. The number of hydrogen-bond acceptors (Lipinski definition) is 5. The molecule has 1 fully saturated rings.